The number of halogens is 1. The first-order valence-corrected chi connectivity index (χ1v) is 10.1. The molecule has 30 heavy (non-hydrogen) atoms. The fourth-order valence-corrected chi connectivity index (χ4v) is 4.56. The molecule has 7 heteroatoms. The highest BCUT2D eigenvalue weighted by molar-refractivity contribution is 6.39. The Bertz CT molecular complexity index is 1080. The van der Waals surface area contributed by atoms with E-state index in [4.69, 9.17) is 0 Å². The first kappa shape index (κ1) is 18.5. The summed E-state index contributed by atoms with van der Waals surface area (Å²) < 4.78 is 13.2. The van der Waals surface area contributed by atoms with Crippen LogP contribution >= 0.6 is 0 Å². The minimum atomic E-state index is -0.843. The van der Waals surface area contributed by atoms with Crippen LogP contribution in [0.3, 0.4) is 0 Å². The Labute approximate surface area is 173 Å². The molecule has 1 fully saturated rings. The van der Waals surface area contributed by atoms with Crippen molar-refractivity contribution in [3.63, 3.8) is 0 Å². The average molecular weight is 405 g/mol. The van der Waals surface area contributed by atoms with Crippen molar-refractivity contribution in [3.8, 4) is 0 Å². The van der Waals surface area contributed by atoms with Gasteiger partial charge in [-0.1, -0.05) is 0 Å². The van der Waals surface area contributed by atoms with Gasteiger partial charge in [-0.25, -0.2) is 14.1 Å². The lowest BCUT2D eigenvalue weighted by Crippen LogP contribution is -2.54. The summed E-state index contributed by atoms with van der Waals surface area (Å²) in [5.41, 5.74) is 4.64. The van der Waals surface area contributed by atoms with Crippen molar-refractivity contribution >= 4 is 35.3 Å². The zero-order valence-corrected chi connectivity index (χ0v) is 16.3. The predicted molar refractivity (Wildman–Crippen MR) is 111 cm³/mol. The smallest absolute Gasteiger partial charge is 0.335 e. The third-order valence-corrected chi connectivity index (χ3v) is 5.85. The Balaban J connectivity index is 1.54. The van der Waals surface area contributed by atoms with Crippen molar-refractivity contribution in [1.82, 2.24) is 5.32 Å². The van der Waals surface area contributed by atoms with Crippen LogP contribution in [0.1, 0.15) is 29.5 Å². The molecular formula is C23H20FN3O3. The summed E-state index contributed by atoms with van der Waals surface area (Å²) in [7, 11) is 0. The van der Waals surface area contributed by atoms with Crippen LogP contribution in [-0.4, -0.2) is 30.9 Å². The third-order valence-electron chi connectivity index (χ3n) is 5.85. The number of anilines is 2. The van der Waals surface area contributed by atoms with E-state index < -0.39 is 23.7 Å². The molecule has 0 unspecified atom stereocenters. The summed E-state index contributed by atoms with van der Waals surface area (Å²) in [6, 6.07) is 8.21. The number of nitrogens with zero attached hydrogens (tertiary/aromatic N) is 2. The lowest BCUT2D eigenvalue weighted by atomic mass is 9.89. The van der Waals surface area contributed by atoms with Crippen LogP contribution < -0.4 is 15.1 Å². The van der Waals surface area contributed by atoms with E-state index in [1.54, 1.807) is 6.08 Å². The maximum Gasteiger partial charge on any atom is 0.335 e. The second kappa shape index (κ2) is 7.09. The molecule has 152 valence electrons. The standard InChI is InChI=1S/C23H20FN3O3/c24-17-5-7-18(8-6-17)27-22(29)19(21(28)25-23(27)30)13-14-11-15-3-1-9-26-10-2-4-16(12-14)20(15)26/h5-8,11-13H,1-4,9-10H2,(H,25,28,30)/b19-13-. The van der Waals surface area contributed by atoms with Crippen LogP contribution in [0.15, 0.2) is 42.0 Å². The summed E-state index contributed by atoms with van der Waals surface area (Å²) in [6.45, 7) is 2.13. The number of carbonyl (C=O) groups is 3. The van der Waals surface area contributed by atoms with Crippen LogP contribution in [0.2, 0.25) is 0 Å². The van der Waals surface area contributed by atoms with Gasteiger partial charge in [-0.15, -0.1) is 0 Å². The van der Waals surface area contributed by atoms with Crippen molar-refractivity contribution in [2.45, 2.75) is 25.7 Å². The summed E-state index contributed by atoms with van der Waals surface area (Å²) in [6.07, 6.45) is 5.65. The lowest BCUT2D eigenvalue weighted by Gasteiger charge is -2.37. The minimum absolute atomic E-state index is 0.116. The van der Waals surface area contributed by atoms with E-state index in [-0.39, 0.29) is 11.3 Å². The molecule has 3 aliphatic heterocycles. The third kappa shape index (κ3) is 3.07. The highest BCUT2D eigenvalue weighted by Crippen LogP contribution is 2.36. The van der Waals surface area contributed by atoms with E-state index >= 15 is 0 Å². The molecule has 3 heterocycles. The average Bonchev–Trinajstić information content (AvgIpc) is 2.73. The fourth-order valence-electron chi connectivity index (χ4n) is 4.56. The molecule has 0 spiro atoms. The molecule has 0 aromatic heterocycles. The molecule has 0 bridgehead atoms. The van der Waals surface area contributed by atoms with Gasteiger partial charge in [0.2, 0.25) is 0 Å². The molecule has 3 aliphatic rings. The first-order chi connectivity index (χ1) is 14.5. The summed E-state index contributed by atoms with van der Waals surface area (Å²) in [5.74, 6) is -1.92. The number of amides is 4. The quantitative estimate of drug-likeness (QED) is 0.616. The highest BCUT2D eigenvalue weighted by atomic mass is 19.1. The van der Waals surface area contributed by atoms with Gasteiger partial charge in [0.25, 0.3) is 11.8 Å². The zero-order valence-electron chi connectivity index (χ0n) is 16.3. The molecule has 2 aromatic rings. The molecular weight excluding hydrogens is 385 g/mol. The lowest BCUT2D eigenvalue weighted by molar-refractivity contribution is -0.122. The van der Waals surface area contributed by atoms with Crippen LogP contribution in [0.5, 0.6) is 0 Å². The maximum absolute atomic E-state index is 13.2. The van der Waals surface area contributed by atoms with Gasteiger partial charge in [0.15, 0.2) is 0 Å². The number of hydrogen-bond donors (Lipinski definition) is 1. The Morgan fingerprint density at radius 1 is 0.933 bits per heavy atom. The van der Waals surface area contributed by atoms with Crippen LogP contribution in [0.25, 0.3) is 6.08 Å². The Morgan fingerprint density at radius 3 is 2.20 bits per heavy atom. The molecule has 1 saturated heterocycles. The zero-order chi connectivity index (χ0) is 20.8. The molecule has 2 aromatic carbocycles. The van der Waals surface area contributed by atoms with Gasteiger partial charge >= 0.3 is 6.03 Å². The molecule has 0 radical (unpaired) electrons. The largest absolute Gasteiger partial charge is 0.371 e. The van der Waals surface area contributed by atoms with Crippen molar-refractivity contribution in [3.05, 3.63) is 64.5 Å². The highest BCUT2D eigenvalue weighted by Gasteiger charge is 2.37. The van der Waals surface area contributed by atoms with Crippen LogP contribution in [0.4, 0.5) is 20.6 Å². The molecule has 4 amide bonds. The van der Waals surface area contributed by atoms with Gasteiger partial charge in [-0.2, -0.15) is 0 Å². The number of imide groups is 2. The molecule has 1 N–H and O–H groups in total. The van der Waals surface area contributed by atoms with E-state index in [1.807, 2.05) is 12.1 Å². The Kier molecular flexibility index (Phi) is 4.38. The molecule has 6 nitrogen and oxygen atoms in total. The van der Waals surface area contributed by atoms with Gasteiger partial charge in [-0.3, -0.25) is 14.9 Å². The van der Waals surface area contributed by atoms with Gasteiger partial charge < -0.3 is 4.90 Å². The van der Waals surface area contributed by atoms with Crippen LogP contribution in [0, 0.1) is 5.82 Å². The van der Waals surface area contributed by atoms with E-state index in [2.05, 4.69) is 10.2 Å². The number of rotatable bonds is 2. The van der Waals surface area contributed by atoms with Crippen molar-refractivity contribution < 1.29 is 18.8 Å². The number of nitrogens with one attached hydrogen (secondary N) is 1. The van der Waals surface area contributed by atoms with Gasteiger partial charge in [0, 0.05) is 18.8 Å². The Morgan fingerprint density at radius 2 is 1.57 bits per heavy atom. The number of aryl methyl sites for hydroxylation is 2. The monoisotopic (exact) mass is 405 g/mol. The number of urea groups is 1. The van der Waals surface area contributed by atoms with Gasteiger partial charge in [0.05, 0.1) is 5.69 Å². The van der Waals surface area contributed by atoms with Gasteiger partial charge in [0.1, 0.15) is 11.4 Å². The van der Waals surface area contributed by atoms with Gasteiger partial charge in [-0.05, 0) is 84.8 Å². The predicted octanol–water partition coefficient (Wildman–Crippen LogP) is 3.19. The second-order valence-corrected chi connectivity index (χ2v) is 7.82. The fraction of sp³-hybridized carbons (Fsp3) is 0.261. The van der Waals surface area contributed by atoms with E-state index in [0.29, 0.717) is 0 Å². The second-order valence-electron chi connectivity index (χ2n) is 7.82. The topological polar surface area (TPSA) is 69.7 Å². The summed E-state index contributed by atoms with van der Waals surface area (Å²) in [4.78, 5) is 41.0. The summed E-state index contributed by atoms with van der Waals surface area (Å²) in [5, 5.41) is 2.21. The van der Waals surface area contributed by atoms with Crippen molar-refractivity contribution in [2.24, 2.45) is 0 Å². The number of hydrogen-bond acceptors (Lipinski definition) is 4. The molecule has 0 saturated carbocycles. The minimum Gasteiger partial charge on any atom is -0.371 e. The molecule has 0 aliphatic carbocycles. The molecule has 0 atom stereocenters. The number of carbonyl (C=O) groups excluding carboxylic acids is 3. The normalized spacial score (nSPS) is 19.8. The Hall–Kier alpha value is -3.48. The van der Waals surface area contributed by atoms with Crippen LogP contribution in [-0.2, 0) is 22.4 Å². The van der Waals surface area contributed by atoms with E-state index in [0.717, 1.165) is 61.4 Å². The number of barbiturate groups is 1. The molecule has 5 rings (SSSR count). The summed E-state index contributed by atoms with van der Waals surface area (Å²) >= 11 is 0. The first-order valence-electron chi connectivity index (χ1n) is 10.1. The number of benzene rings is 2. The maximum atomic E-state index is 13.2. The van der Waals surface area contributed by atoms with E-state index in [1.165, 1.54) is 28.9 Å². The SMILES string of the molecule is O=C1NC(=O)N(c2ccc(F)cc2)C(=O)/C1=C\c1cc2c3c(c1)CCCN3CCC2. The van der Waals surface area contributed by atoms with Crippen molar-refractivity contribution in [2.75, 3.05) is 22.9 Å². The van der Waals surface area contributed by atoms with Crippen molar-refractivity contribution in [1.29, 1.82) is 0 Å². The van der Waals surface area contributed by atoms with E-state index in [9.17, 15) is 18.8 Å².